The van der Waals surface area contributed by atoms with Crippen LogP contribution in [-0.4, -0.2) is 27.7 Å². The molecular formula is C9H13NO4. The van der Waals surface area contributed by atoms with E-state index in [1.807, 2.05) is 0 Å². The molecule has 2 aliphatic rings. The number of carbonyl (C=O) groups is 2. The molecule has 0 aromatic carbocycles. The van der Waals surface area contributed by atoms with Crippen LogP contribution in [-0.2, 0) is 9.59 Å². The van der Waals surface area contributed by atoms with E-state index in [4.69, 9.17) is 15.9 Å². The molecule has 4 N–H and O–H groups in total. The Labute approximate surface area is 80.9 Å². The predicted octanol–water partition coefficient (Wildman–Crippen LogP) is -0.101. The molecular weight excluding hydrogens is 186 g/mol. The molecule has 5 heteroatoms. The van der Waals surface area contributed by atoms with E-state index in [9.17, 15) is 9.59 Å². The van der Waals surface area contributed by atoms with Gasteiger partial charge in [0.15, 0.2) is 0 Å². The fourth-order valence-corrected chi connectivity index (χ4v) is 2.82. The molecule has 2 aliphatic carbocycles. The van der Waals surface area contributed by atoms with Crippen LogP contribution < -0.4 is 5.73 Å². The number of nitrogens with two attached hydrogens (primary N) is 1. The van der Waals surface area contributed by atoms with Gasteiger partial charge in [-0.2, -0.15) is 0 Å². The van der Waals surface area contributed by atoms with Crippen molar-refractivity contribution in [3.05, 3.63) is 0 Å². The van der Waals surface area contributed by atoms with Gasteiger partial charge < -0.3 is 15.9 Å². The van der Waals surface area contributed by atoms with Crippen molar-refractivity contribution in [1.82, 2.24) is 0 Å². The molecule has 0 aliphatic heterocycles. The van der Waals surface area contributed by atoms with Crippen LogP contribution in [0.1, 0.15) is 19.3 Å². The second-order valence-corrected chi connectivity index (χ2v) is 4.29. The molecule has 0 saturated heterocycles. The van der Waals surface area contributed by atoms with Crippen molar-refractivity contribution < 1.29 is 19.8 Å². The molecule has 0 aromatic heterocycles. The van der Waals surface area contributed by atoms with E-state index in [2.05, 4.69) is 0 Å². The number of carboxylic acid groups (broad SMARTS) is 2. The first-order valence-corrected chi connectivity index (χ1v) is 4.73. The van der Waals surface area contributed by atoms with Gasteiger partial charge in [-0.1, -0.05) is 6.42 Å². The minimum Gasteiger partial charge on any atom is -0.481 e. The highest BCUT2D eigenvalue weighted by molar-refractivity contribution is 5.84. The summed E-state index contributed by atoms with van der Waals surface area (Å²) in [4.78, 5) is 21.8. The highest BCUT2D eigenvalue weighted by Gasteiger charge is 2.67. The minimum atomic E-state index is -1.30. The lowest BCUT2D eigenvalue weighted by Crippen LogP contribution is -2.52. The lowest BCUT2D eigenvalue weighted by atomic mass is 9.82. The van der Waals surface area contributed by atoms with Crippen molar-refractivity contribution in [2.45, 2.75) is 24.8 Å². The standard InChI is InChI=1S/C9H13NO4/c10-9(8(13)14)3-1-2-4-5(6(4)9)7(11)12/h4-6H,1-3,10H2,(H,11,12)(H,13,14). The molecule has 2 fully saturated rings. The van der Waals surface area contributed by atoms with Gasteiger partial charge >= 0.3 is 11.9 Å². The Morgan fingerprint density at radius 3 is 2.50 bits per heavy atom. The summed E-state index contributed by atoms with van der Waals surface area (Å²) in [5, 5.41) is 17.8. The van der Waals surface area contributed by atoms with E-state index < -0.39 is 23.4 Å². The molecule has 4 unspecified atom stereocenters. The largest absolute Gasteiger partial charge is 0.481 e. The van der Waals surface area contributed by atoms with Crippen molar-refractivity contribution in [3.8, 4) is 0 Å². The van der Waals surface area contributed by atoms with E-state index in [0.29, 0.717) is 12.8 Å². The fourth-order valence-electron chi connectivity index (χ4n) is 2.82. The van der Waals surface area contributed by atoms with Crippen LogP contribution in [0, 0.1) is 17.8 Å². The summed E-state index contributed by atoms with van der Waals surface area (Å²) >= 11 is 0. The number of hydrogen-bond donors (Lipinski definition) is 3. The van der Waals surface area contributed by atoms with Gasteiger partial charge in [-0.3, -0.25) is 9.59 Å². The summed E-state index contributed by atoms with van der Waals surface area (Å²) in [6.07, 6.45) is 1.91. The van der Waals surface area contributed by atoms with Crippen LogP contribution in [0.15, 0.2) is 0 Å². The second kappa shape index (κ2) is 2.70. The Morgan fingerprint density at radius 1 is 1.36 bits per heavy atom. The summed E-state index contributed by atoms with van der Waals surface area (Å²) in [6.45, 7) is 0. The molecule has 2 saturated carbocycles. The molecule has 78 valence electrons. The van der Waals surface area contributed by atoms with Gasteiger partial charge in [-0.25, -0.2) is 0 Å². The van der Waals surface area contributed by atoms with Crippen LogP contribution >= 0.6 is 0 Å². The molecule has 2 rings (SSSR count). The molecule has 4 atom stereocenters. The smallest absolute Gasteiger partial charge is 0.324 e. The number of hydrogen-bond acceptors (Lipinski definition) is 3. The Kier molecular flexibility index (Phi) is 1.82. The first-order chi connectivity index (χ1) is 6.48. The maximum atomic E-state index is 11.0. The van der Waals surface area contributed by atoms with Gasteiger partial charge in [0, 0.05) is 5.92 Å². The van der Waals surface area contributed by atoms with Gasteiger partial charge in [-0.05, 0) is 18.8 Å². The van der Waals surface area contributed by atoms with Crippen molar-refractivity contribution in [2.24, 2.45) is 23.5 Å². The van der Waals surface area contributed by atoms with Gasteiger partial charge in [0.1, 0.15) is 5.54 Å². The normalized spacial score (nSPS) is 45.4. The third-order valence-corrected chi connectivity index (χ3v) is 3.57. The van der Waals surface area contributed by atoms with Crippen LogP contribution in [0.3, 0.4) is 0 Å². The Hall–Kier alpha value is -1.10. The fraction of sp³-hybridized carbons (Fsp3) is 0.778. The van der Waals surface area contributed by atoms with Gasteiger partial charge in [0.05, 0.1) is 5.92 Å². The zero-order valence-electron chi connectivity index (χ0n) is 7.64. The molecule has 0 bridgehead atoms. The lowest BCUT2D eigenvalue weighted by molar-refractivity contribution is -0.145. The first kappa shape index (κ1) is 9.45. The van der Waals surface area contributed by atoms with Crippen molar-refractivity contribution in [3.63, 3.8) is 0 Å². The Morgan fingerprint density at radius 2 is 2.00 bits per heavy atom. The van der Waals surface area contributed by atoms with E-state index in [1.54, 1.807) is 0 Å². The highest BCUT2D eigenvalue weighted by atomic mass is 16.4. The minimum absolute atomic E-state index is 0.0117. The maximum absolute atomic E-state index is 11.0. The Bertz CT molecular complexity index is 303. The van der Waals surface area contributed by atoms with E-state index in [1.165, 1.54) is 0 Å². The summed E-state index contributed by atoms with van der Waals surface area (Å²) in [5.74, 6) is -2.86. The van der Waals surface area contributed by atoms with Gasteiger partial charge in [0.25, 0.3) is 0 Å². The zero-order valence-corrected chi connectivity index (χ0v) is 7.64. The zero-order chi connectivity index (χ0) is 10.5. The third kappa shape index (κ3) is 1.05. The van der Waals surface area contributed by atoms with Crippen molar-refractivity contribution in [1.29, 1.82) is 0 Å². The number of fused-ring (bicyclic) bond motifs is 1. The lowest BCUT2D eigenvalue weighted by Gasteiger charge is -2.28. The number of rotatable bonds is 2. The van der Waals surface area contributed by atoms with E-state index in [-0.39, 0.29) is 11.8 Å². The molecule has 5 nitrogen and oxygen atoms in total. The van der Waals surface area contributed by atoms with Crippen molar-refractivity contribution >= 4 is 11.9 Å². The average Bonchev–Trinajstić information content (AvgIpc) is 2.79. The monoisotopic (exact) mass is 199 g/mol. The molecule has 0 aromatic rings. The highest BCUT2D eigenvalue weighted by Crippen LogP contribution is 2.59. The second-order valence-electron chi connectivity index (χ2n) is 4.29. The third-order valence-electron chi connectivity index (χ3n) is 3.57. The van der Waals surface area contributed by atoms with Crippen molar-refractivity contribution in [2.75, 3.05) is 0 Å². The van der Waals surface area contributed by atoms with E-state index in [0.717, 1.165) is 6.42 Å². The maximum Gasteiger partial charge on any atom is 0.324 e. The molecule has 0 radical (unpaired) electrons. The Balaban J connectivity index is 2.22. The van der Waals surface area contributed by atoms with E-state index >= 15 is 0 Å². The van der Waals surface area contributed by atoms with Gasteiger partial charge in [-0.15, -0.1) is 0 Å². The molecule has 14 heavy (non-hydrogen) atoms. The summed E-state index contributed by atoms with van der Waals surface area (Å²) in [7, 11) is 0. The molecule has 0 spiro atoms. The first-order valence-electron chi connectivity index (χ1n) is 4.73. The molecule has 0 heterocycles. The number of aliphatic carboxylic acids is 2. The summed E-state index contributed by atoms with van der Waals surface area (Å²) in [6, 6.07) is 0. The average molecular weight is 199 g/mol. The number of carboxylic acids is 2. The van der Waals surface area contributed by atoms with Crippen LogP contribution in [0.25, 0.3) is 0 Å². The van der Waals surface area contributed by atoms with Crippen LogP contribution in [0.4, 0.5) is 0 Å². The van der Waals surface area contributed by atoms with Crippen LogP contribution in [0.5, 0.6) is 0 Å². The topological polar surface area (TPSA) is 101 Å². The SMILES string of the molecule is NC1(C(=O)O)CCCC2C(C(=O)O)C21. The van der Waals surface area contributed by atoms with Crippen LogP contribution in [0.2, 0.25) is 0 Å². The summed E-state index contributed by atoms with van der Waals surface area (Å²) < 4.78 is 0. The summed E-state index contributed by atoms with van der Waals surface area (Å²) in [5.41, 5.74) is 4.45. The predicted molar refractivity (Wildman–Crippen MR) is 46.5 cm³/mol. The van der Waals surface area contributed by atoms with Gasteiger partial charge in [0.2, 0.25) is 0 Å². The molecule has 0 amide bonds. The quantitative estimate of drug-likeness (QED) is 0.576.